The van der Waals surface area contributed by atoms with Gasteiger partial charge >= 0.3 is 0 Å². The molecule has 0 bridgehead atoms. The van der Waals surface area contributed by atoms with Gasteiger partial charge in [-0.2, -0.15) is 5.11 Å². The normalized spacial score (nSPS) is 11.3. The molecule has 0 spiro atoms. The highest BCUT2D eigenvalue weighted by atomic mass is 32.2. The molecule has 0 fully saturated rings. The van der Waals surface area contributed by atoms with Gasteiger partial charge in [0.2, 0.25) is 0 Å². The van der Waals surface area contributed by atoms with Crippen LogP contribution in [0.2, 0.25) is 0 Å². The van der Waals surface area contributed by atoms with E-state index in [-0.39, 0.29) is 0 Å². The minimum absolute atomic E-state index is 0.670. The van der Waals surface area contributed by atoms with Crippen molar-refractivity contribution in [3.8, 4) is 0 Å². The molecule has 3 heteroatoms. The van der Waals surface area contributed by atoms with Crippen molar-refractivity contribution >= 4 is 23.1 Å². The summed E-state index contributed by atoms with van der Waals surface area (Å²) in [5.41, 5.74) is 1.82. The van der Waals surface area contributed by atoms with E-state index in [1.54, 1.807) is 0 Å². The largest absolute Gasteiger partial charge is 0.151 e. The van der Waals surface area contributed by atoms with Gasteiger partial charge in [0, 0.05) is 10.6 Å². The molecule has 0 amide bonds. The van der Waals surface area contributed by atoms with Crippen LogP contribution in [0.1, 0.15) is 13.8 Å². The quantitative estimate of drug-likeness (QED) is 0.494. The maximum absolute atomic E-state index is 4.36. The zero-order chi connectivity index (χ0) is 13.5. The first-order valence-corrected chi connectivity index (χ1v) is 7.43. The van der Waals surface area contributed by atoms with Crippen LogP contribution in [0.4, 0.5) is 11.4 Å². The lowest BCUT2D eigenvalue weighted by atomic mass is 10.3. The minimum Gasteiger partial charge on any atom is -0.151 e. The van der Waals surface area contributed by atoms with Gasteiger partial charge in [0.25, 0.3) is 0 Å². The van der Waals surface area contributed by atoms with Crippen molar-refractivity contribution in [3.05, 3.63) is 54.6 Å². The van der Waals surface area contributed by atoms with Gasteiger partial charge in [-0.3, -0.25) is 0 Å². The predicted octanol–water partition coefficient (Wildman–Crippen LogP) is 5.85. The van der Waals surface area contributed by atoms with Gasteiger partial charge in [0.05, 0.1) is 11.4 Å². The van der Waals surface area contributed by atoms with E-state index >= 15 is 0 Å². The zero-order valence-corrected chi connectivity index (χ0v) is 12.1. The molecule has 2 nitrogen and oxygen atoms in total. The second kappa shape index (κ2) is 7.10. The lowest BCUT2D eigenvalue weighted by Gasteiger charge is -2.06. The summed E-state index contributed by atoms with van der Waals surface area (Å²) in [6, 6.07) is 18.0. The number of benzene rings is 2. The molecule has 98 valence electrons. The molecule has 0 N–H and O–H groups in total. The van der Waals surface area contributed by atoms with Crippen molar-refractivity contribution in [3.63, 3.8) is 0 Å². The Bertz CT molecular complexity index is 535. The molecule has 0 aliphatic heterocycles. The first kappa shape index (κ1) is 13.8. The van der Waals surface area contributed by atoms with Gasteiger partial charge in [-0.15, -0.1) is 16.9 Å². The Morgan fingerprint density at radius 2 is 1.58 bits per heavy atom. The van der Waals surface area contributed by atoms with E-state index in [4.69, 9.17) is 0 Å². The van der Waals surface area contributed by atoms with Crippen LogP contribution in [-0.4, -0.2) is 5.75 Å². The van der Waals surface area contributed by atoms with Crippen LogP contribution in [0.5, 0.6) is 0 Å². The van der Waals surface area contributed by atoms with Crippen LogP contribution in [0.25, 0.3) is 0 Å². The molecule has 0 saturated heterocycles. The van der Waals surface area contributed by atoms with Crippen LogP contribution < -0.4 is 0 Å². The Morgan fingerprint density at radius 1 is 0.895 bits per heavy atom. The summed E-state index contributed by atoms with van der Waals surface area (Å²) >= 11 is 1.84. The standard InChI is InChI=1S/C16H18N2S/c1-13(2)12-19-16-11-7-6-10-15(16)18-17-14-8-4-3-5-9-14/h3-11,13H,12H2,1-2H3. The van der Waals surface area contributed by atoms with Crippen LogP contribution in [-0.2, 0) is 0 Å². The van der Waals surface area contributed by atoms with Crippen molar-refractivity contribution < 1.29 is 0 Å². The summed E-state index contributed by atoms with van der Waals surface area (Å²) in [7, 11) is 0. The second-order valence-electron chi connectivity index (χ2n) is 4.71. The maximum atomic E-state index is 4.36. The van der Waals surface area contributed by atoms with E-state index in [0.29, 0.717) is 5.92 Å². The average Bonchev–Trinajstić information content (AvgIpc) is 2.45. The van der Waals surface area contributed by atoms with Crippen molar-refractivity contribution in [2.24, 2.45) is 16.1 Å². The summed E-state index contributed by atoms with van der Waals surface area (Å²) in [6.45, 7) is 4.45. The van der Waals surface area contributed by atoms with Crippen LogP contribution >= 0.6 is 11.8 Å². The van der Waals surface area contributed by atoms with Gasteiger partial charge in [0.15, 0.2) is 0 Å². The predicted molar refractivity (Wildman–Crippen MR) is 82.6 cm³/mol. The monoisotopic (exact) mass is 270 g/mol. The van der Waals surface area contributed by atoms with Crippen LogP contribution in [0, 0.1) is 5.92 Å². The summed E-state index contributed by atoms with van der Waals surface area (Å²) in [5, 5.41) is 8.63. The third-order valence-corrected chi connectivity index (χ3v) is 3.96. The molecule has 0 saturated carbocycles. The number of rotatable bonds is 5. The van der Waals surface area contributed by atoms with Gasteiger partial charge in [-0.1, -0.05) is 44.2 Å². The molecular formula is C16H18N2S. The number of hydrogen-bond donors (Lipinski definition) is 0. The van der Waals surface area contributed by atoms with E-state index < -0.39 is 0 Å². The first-order chi connectivity index (χ1) is 9.25. The van der Waals surface area contributed by atoms with Crippen LogP contribution in [0.15, 0.2) is 69.7 Å². The molecule has 2 rings (SSSR count). The van der Waals surface area contributed by atoms with Crippen LogP contribution in [0.3, 0.4) is 0 Å². The fourth-order valence-corrected chi connectivity index (χ4v) is 2.47. The summed E-state index contributed by atoms with van der Waals surface area (Å²) in [5.74, 6) is 1.77. The molecular weight excluding hydrogens is 252 g/mol. The molecule has 0 aliphatic carbocycles. The number of azo groups is 1. The van der Waals surface area contributed by atoms with Crippen molar-refractivity contribution in [1.29, 1.82) is 0 Å². The molecule has 0 radical (unpaired) electrons. The molecule has 0 aliphatic rings. The van der Waals surface area contributed by atoms with Crippen molar-refractivity contribution in [2.75, 3.05) is 5.75 Å². The van der Waals surface area contributed by atoms with Gasteiger partial charge < -0.3 is 0 Å². The SMILES string of the molecule is CC(C)CSc1ccccc1N=Nc1ccccc1. The Hall–Kier alpha value is -1.61. The molecule has 0 heterocycles. The molecule has 2 aromatic rings. The molecule has 0 aromatic heterocycles. The highest BCUT2D eigenvalue weighted by molar-refractivity contribution is 7.99. The van der Waals surface area contributed by atoms with Gasteiger partial charge in [-0.25, -0.2) is 0 Å². The molecule has 0 atom stereocenters. The Kier molecular flexibility index (Phi) is 5.16. The number of thioether (sulfide) groups is 1. The van der Waals surface area contributed by atoms with Gasteiger partial charge in [0.1, 0.15) is 0 Å². The third-order valence-electron chi connectivity index (χ3n) is 2.47. The number of hydrogen-bond acceptors (Lipinski definition) is 3. The van der Waals surface area contributed by atoms with Crippen molar-refractivity contribution in [2.45, 2.75) is 18.7 Å². The Morgan fingerprint density at radius 3 is 2.32 bits per heavy atom. The summed E-state index contributed by atoms with van der Waals surface area (Å²) in [4.78, 5) is 1.19. The smallest absolute Gasteiger partial charge is 0.0992 e. The van der Waals surface area contributed by atoms with E-state index in [9.17, 15) is 0 Å². The fourth-order valence-electron chi connectivity index (χ4n) is 1.52. The zero-order valence-electron chi connectivity index (χ0n) is 11.3. The highest BCUT2D eigenvalue weighted by Gasteiger charge is 2.03. The summed E-state index contributed by atoms with van der Waals surface area (Å²) in [6.07, 6.45) is 0. The molecule has 2 aromatic carbocycles. The second-order valence-corrected chi connectivity index (χ2v) is 5.77. The Labute approximate surface area is 119 Å². The van der Waals surface area contributed by atoms with E-state index in [0.717, 1.165) is 17.1 Å². The van der Waals surface area contributed by atoms with Crippen molar-refractivity contribution in [1.82, 2.24) is 0 Å². The molecule has 19 heavy (non-hydrogen) atoms. The topological polar surface area (TPSA) is 24.7 Å². The van der Waals surface area contributed by atoms with E-state index in [1.807, 2.05) is 60.3 Å². The van der Waals surface area contributed by atoms with E-state index in [2.05, 4.69) is 30.1 Å². The average molecular weight is 270 g/mol. The molecule has 0 unspecified atom stereocenters. The number of nitrogens with zero attached hydrogens (tertiary/aromatic N) is 2. The third kappa shape index (κ3) is 4.52. The minimum atomic E-state index is 0.670. The Balaban J connectivity index is 2.13. The first-order valence-electron chi connectivity index (χ1n) is 6.44. The lowest BCUT2D eigenvalue weighted by Crippen LogP contribution is -1.89. The maximum Gasteiger partial charge on any atom is 0.0992 e. The van der Waals surface area contributed by atoms with E-state index in [1.165, 1.54) is 4.90 Å². The summed E-state index contributed by atoms with van der Waals surface area (Å²) < 4.78 is 0. The lowest BCUT2D eigenvalue weighted by molar-refractivity contribution is 0.750. The fraction of sp³-hybridized carbons (Fsp3) is 0.250. The van der Waals surface area contributed by atoms with Gasteiger partial charge in [-0.05, 0) is 30.2 Å². The highest BCUT2D eigenvalue weighted by Crippen LogP contribution is 2.31.